The Morgan fingerprint density at radius 1 is 1.12 bits per heavy atom. The summed E-state index contributed by atoms with van der Waals surface area (Å²) in [7, 11) is 0. The van der Waals surface area contributed by atoms with Gasteiger partial charge in [-0.2, -0.15) is 0 Å². The molecule has 0 fully saturated rings. The summed E-state index contributed by atoms with van der Waals surface area (Å²) in [4.78, 5) is 22.6. The molecule has 1 heterocycles. The average molecular weight is 492 g/mol. The fourth-order valence-electron chi connectivity index (χ4n) is 4.00. The van der Waals surface area contributed by atoms with Crippen molar-refractivity contribution >= 4 is 23.5 Å². The van der Waals surface area contributed by atoms with Gasteiger partial charge in [0.2, 0.25) is 0 Å². The standard InChI is InChI=1S/C22H22ClNO7.2Na/c23-15-5-1-4-13(7-15)17(25)11-24-16-6-2-3-12-9-18-19(10-14(12)8-16)31-22(30-18,20(26)27)21(28)29;;/h1,4-5,7,9-10,16-17,24-25H,2-3,6,8,11H2,(H,26,27)(H,28,29);;/q;2*+1/p-2/t16-,17-;;/m0../s1. The van der Waals surface area contributed by atoms with Gasteiger partial charge in [-0.15, -0.1) is 0 Å². The summed E-state index contributed by atoms with van der Waals surface area (Å²) in [6.45, 7) is 0.337. The Morgan fingerprint density at radius 3 is 2.36 bits per heavy atom. The Hall–Kier alpha value is -0.810. The summed E-state index contributed by atoms with van der Waals surface area (Å²) in [5.41, 5.74) is 2.54. The number of rotatable bonds is 6. The van der Waals surface area contributed by atoms with Crippen LogP contribution in [0.25, 0.3) is 0 Å². The molecule has 0 saturated carbocycles. The molecule has 1 aliphatic carbocycles. The number of nitrogens with one attached hydrogen (secondary N) is 1. The molecular formula is C22H20ClNNa2O7. The monoisotopic (exact) mass is 491 g/mol. The van der Waals surface area contributed by atoms with Crippen LogP contribution in [0, 0.1) is 0 Å². The van der Waals surface area contributed by atoms with Crippen LogP contribution < -0.4 is 84.1 Å². The van der Waals surface area contributed by atoms with E-state index in [0.29, 0.717) is 24.4 Å². The molecule has 0 aromatic heterocycles. The van der Waals surface area contributed by atoms with Crippen molar-refractivity contribution in [1.82, 2.24) is 5.32 Å². The number of fused-ring (bicyclic) bond motifs is 2. The number of carbonyl (C=O) groups is 2. The number of carbonyl (C=O) groups excluding carboxylic acids is 2. The maximum absolute atomic E-state index is 11.3. The van der Waals surface area contributed by atoms with Gasteiger partial charge in [0.25, 0.3) is 0 Å². The van der Waals surface area contributed by atoms with Gasteiger partial charge < -0.3 is 39.7 Å². The molecule has 0 unspecified atom stereocenters. The first-order chi connectivity index (χ1) is 14.8. The normalized spacial score (nSPS) is 18.7. The zero-order valence-corrected chi connectivity index (χ0v) is 23.2. The first-order valence-corrected chi connectivity index (χ1v) is 10.3. The van der Waals surface area contributed by atoms with Crippen molar-refractivity contribution < 1.29 is 93.5 Å². The SMILES string of the molecule is O=C([O-])C1(C(=O)[O-])Oc2cc3c(cc2O1)C[C@@H](NC[C@H](O)c1cccc(Cl)c1)CCC3.[Na+].[Na+]. The summed E-state index contributed by atoms with van der Waals surface area (Å²) < 4.78 is 10.2. The molecule has 33 heavy (non-hydrogen) atoms. The molecule has 0 bridgehead atoms. The van der Waals surface area contributed by atoms with E-state index in [1.165, 1.54) is 0 Å². The average Bonchev–Trinajstić information content (AvgIpc) is 3.00. The second-order valence-corrected chi connectivity index (χ2v) is 8.17. The Bertz CT molecular complexity index is 1020. The number of halogens is 1. The quantitative estimate of drug-likeness (QED) is 0.232. The van der Waals surface area contributed by atoms with E-state index in [2.05, 4.69) is 5.32 Å². The van der Waals surface area contributed by atoms with Crippen molar-refractivity contribution in [2.24, 2.45) is 0 Å². The molecule has 8 nitrogen and oxygen atoms in total. The topological polar surface area (TPSA) is 131 Å². The molecule has 0 radical (unpaired) electrons. The summed E-state index contributed by atoms with van der Waals surface area (Å²) in [6.07, 6.45) is 2.31. The Morgan fingerprint density at radius 2 is 1.76 bits per heavy atom. The minimum Gasteiger partial charge on any atom is -0.542 e. The van der Waals surface area contributed by atoms with Gasteiger partial charge in [-0.25, -0.2) is 0 Å². The van der Waals surface area contributed by atoms with Crippen molar-refractivity contribution in [3.63, 3.8) is 0 Å². The largest absolute Gasteiger partial charge is 1.00 e. The molecule has 11 heteroatoms. The summed E-state index contributed by atoms with van der Waals surface area (Å²) in [6, 6.07) is 10.3. The van der Waals surface area contributed by atoms with Crippen LogP contribution in [-0.4, -0.2) is 35.4 Å². The van der Waals surface area contributed by atoms with Crippen LogP contribution in [-0.2, 0) is 22.4 Å². The van der Waals surface area contributed by atoms with Gasteiger partial charge in [0.1, 0.15) is 11.9 Å². The predicted octanol–water partition coefficient (Wildman–Crippen LogP) is -6.11. The van der Waals surface area contributed by atoms with E-state index in [1.807, 2.05) is 6.07 Å². The number of aliphatic hydroxyl groups excluding tert-OH is 1. The maximum Gasteiger partial charge on any atom is 1.00 e. The number of aliphatic carboxylic acids is 2. The van der Waals surface area contributed by atoms with Crippen LogP contribution in [0.15, 0.2) is 36.4 Å². The molecule has 2 aromatic carbocycles. The first-order valence-electron chi connectivity index (χ1n) is 9.92. The molecule has 2 aromatic rings. The predicted molar refractivity (Wildman–Crippen MR) is 105 cm³/mol. The molecule has 0 saturated heterocycles. The minimum absolute atomic E-state index is 0. The molecule has 0 amide bonds. The van der Waals surface area contributed by atoms with Gasteiger partial charge in [-0.3, -0.25) is 0 Å². The molecule has 2 atom stereocenters. The second-order valence-electron chi connectivity index (χ2n) is 7.74. The van der Waals surface area contributed by atoms with Crippen molar-refractivity contribution in [2.45, 2.75) is 43.6 Å². The summed E-state index contributed by atoms with van der Waals surface area (Å²) in [5, 5.41) is 37.0. The molecule has 4 rings (SSSR count). The zero-order chi connectivity index (χ0) is 22.2. The van der Waals surface area contributed by atoms with Gasteiger partial charge in [0, 0.05) is 17.6 Å². The molecular weight excluding hydrogens is 472 g/mol. The number of aliphatic hydroxyl groups is 1. The van der Waals surface area contributed by atoms with Crippen molar-refractivity contribution in [2.75, 3.05) is 6.54 Å². The number of ether oxygens (including phenoxy) is 2. The molecule has 1 aliphatic heterocycles. The third kappa shape index (κ3) is 6.07. The van der Waals surface area contributed by atoms with E-state index in [9.17, 15) is 24.9 Å². The zero-order valence-electron chi connectivity index (χ0n) is 18.4. The van der Waals surface area contributed by atoms with Crippen LogP contribution in [0.2, 0.25) is 5.02 Å². The van der Waals surface area contributed by atoms with Crippen LogP contribution in [0.1, 0.15) is 35.6 Å². The Labute approximate surface area is 240 Å². The van der Waals surface area contributed by atoms with Gasteiger partial charge in [-0.05, 0) is 66.6 Å². The van der Waals surface area contributed by atoms with Crippen LogP contribution in [0.3, 0.4) is 0 Å². The number of carboxylic acids is 2. The third-order valence-corrected chi connectivity index (χ3v) is 5.84. The van der Waals surface area contributed by atoms with E-state index in [-0.39, 0.29) is 76.7 Å². The third-order valence-electron chi connectivity index (χ3n) is 5.61. The van der Waals surface area contributed by atoms with Crippen LogP contribution >= 0.6 is 11.6 Å². The molecule has 164 valence electrons. The van der Waals surface area contributed by atoms with E-state index < -0.39 is 23.8 Å². The van der Waals surface area contributed by atoms with E-state index in [4.69, 9.17) is 21.1 Å². The molecule has 0 spiro atoms. The number of aryl methyl sites for hydroxylation is 1. The Balaban J connectivity index is 0.00000193. The summed E-state index contributed by atoms with van der Waals surface area (Å²) in [5.74, 6) is -7.00. The van der Waals surface area contributed by atoms with Crippen molar-refractivity contribution in [3.05, 3.63) is 58.1 Å². The number of benzene rings is 2. The number of carboxylic acid groups (broad SMARTS) is 2. The van der Waals surface area contributed by atoms with Gasteiger partial charge in [0.05, 0.1) is 6.10 Å². The van der Waals surface area contributed by atoms with Crippen molar-refractivity contribution in [3.8, 4) is 11.5 Å². The van der Waals surface area contributed by atoms with E-state index >= 15 is 0 Å². The number of hydrogen-bond donors (Lipinski definition) is 2. The first kappa shape index (κ1) is 28.4. The summed E-state index contributed by atoms with van der Waals surface area (Å²) >= 11 is 5.99. The molecule has 2 aliphatic rings. The fraction of sp³-hybridized carbons (Fsp3) is 0.364. The minimum atomic E-state index is -2.99. The van der Waals surface area contributed by atoms with Gasteiger partial charge in [-0.1, -0.05) is 23.7 Å². The smallest absolute Gasteiger partial charge is 0.542 e. The number of hydrogen-bond acceptors (Lipinski definition) is 8. The van der Waals surface area contributed by atoms with Crippen LogP contribution in [0.5, 0.6) is 11.5 Å². The second kappa shape index (κ2) is 11.7. The van der Waals surface area contributed by atoms with E-state index in [1.54, 1.807) is 30.3 Å². The maximum atomic E-state index is 11.3. The Kier molecular flexibility index (Phi) is 10.1. The van der Waals surface area contributed by atoms with Gasteiger partial charge in [0.15, 0.2) is 11.5 Å². The van der Waals surface area contributed by atoms with E-state index in [0.717, 1.165) is 29.5 Å². The van der Waals surface area contributed by atoms with Crippen LogP contribution in [0.4, 0.5) is 0 Å². The fourth-order valence-corrected chi connectivity index (χ4v) is 4.20. The van der Waals surface area contributed by atoms with Gasteiger partial charge >= 0.3 is 64.9 Å². The molecule has 2 N–H and O–H groups in total. The van der Waals surface area contributed by atoms with Crippen molar-refractivity contribution in [1.29, 1.82) is 0 Å².